The van der Waals surface area contributed by atoms with Gasteiger partial charge in [-0.05, 0) is 71.8 Å². The van der Waals surface area contributed by atoms with Gasteiger partial charge in [0.1, 0.15) is 5.82 Å². The smallest absolute Gasteiger partial charge is 0.269 e. The van der Waals surface area contributed by atoms with Crippen molar-refractivity contribution in [1.82, 2.24) is 10.3 Å². The highest BCUT2D eigenvalue weighted by Gasteiger charge is 2.42. The van der Waals surface area contributed by atoms with Crippen molar-refractivity contribution in [2.75, 3.05) is 23.3 Å². The van der Waals surface area contributed by atoms with Crippen LogP contribution in [0.1, 0.15) is 43.9 Å². The van der Waals surface area contributed by atoms with Crippen molar-refractivity contribution < 1.29 is 18.9 Å². The first kappa shape index (κ1) is 28.1. The lowest BCUT2D eigenvalue weighted by Gasteiger charge is -2.37. The molecule has 43 heavy (non-hydrogen) atoms. The quantitative estimate of drug-likeness (QED) is 0.177. The Bertz CT molecular complexity index is 1780. The third-order valence-electron chi connectivity index (χ3n) is 8.18. The van der Waals surface area contributed by atoms with Gasteiger partial charge in [0.25, 0.3) is 5.69 Å². The molecule has 1 aromatic heterocycles. The summed E-state index contributed by atoms with van der Waals surface area (Å²) in [4.78, 5) is 43.3. The molecule has 9 nitrogen and oxygen atoms in total. The van der Waals surface area contributed by atoms with Gasteiger partial charge in [0.05, 0.1) is 28.9 Å². The van der Waals surface area contributed by atoms with Gasteiger partial charge in [-0.3, -0.25) is 19.7 Å². The number of non-ortho nitro benzene ring substituents is 1. The molecule has 6 rings (SSSR count). The van der Waals surface area contributed by atoms with Gasteiger partial charge < -0.3 is 20.5 Å². The average Bonchev–Trinajstić information content (AvgIpc) is 3.29. The van der Waals surface area contributed by atoms with E-state index in [2.05, 4.69) is 29.5 Å². The van der Waals surface area contributed by atoms with Crippen LogP contribution >= 0.6 is 0 Å². The zero-order valence-corrected chi connectivity index (χ0v) is 23.9. The fraction of sp³-hybridized carbons (Fsp3) is 0.273. The number of nitrogens with zero attached hydrogens (tertiary/aromatic N) is 2. The van der Waals surface area contributed by atoms with Crippen LogP contribution in [-0.2, 0) is 16.0 Å². The molecule has 1 unspecified atom stereocenters. The van der Waals surface area contributed by atoms with E-state index in [1.807, 2.05) is 35.4 Å². The van der Waals surface area contributed by atoms with Gasteiger partial charge in [0, 0.05) is 53.5 Å². The van der Waals surface area contributed by atoms with E-state index in [1.165, 1.54) is 24.3 Å². The van der Waals surface area contributed by atoms with Crippen LogP contribution in [0.4, 0.5) is 21.5 Å². The van der Waals surface area contributed by atoms with Crippen molar-refractivity contribution in [3.8, 4) is 0 Å². The Morgan fingerprint density at radius 2 is 1.88 bits per heavy atom. The Balaban J connectivity index is 1.33. The molecule has 0 saturated heterocycles. The Hall–Kier alpha value is -4.99. The standard InChI is InChI=1S/C33H32FN5O4/c1-33(2)16-27-31(29(40)17-33)32(20-7-10-23(11-8-20)39(42)43)38(28-6-4-3-5-26(28)37-27)19-30(41)35-14-13-21-18-36-25-12-9-22(34)15-24(21)25/h3-12,15,18,32,36-37H,13-14,16-17,19H2,1-2H3,(H,35,41). The van der Waals surface area contributed by atoms with Gasteiger partial charge >= 0.3 is 0 Å². The number of benzene rings is 3. The number of nitro groups is 1. The van der Waals surface area contributed by atoms with Crippen molar-refractivity contribution in [1.29, 1.82) is 0 Å². The molecule has 1 aliphatic heterocycles. The minimum Gasteiger partial charge on any atom is -0.361 e. The number of nitro benzene ring substituents is 1. The summed E-state index contributed by atoms with van der Waals surface area (Å²) in [5.74, 6) is -0.593. The first-order valence-corrected chi connectivity index (χ1v) is 14.3. The molecule has 0 radical (unpaired) electrons. The molecule has 220 valence electrons. The maximum Gasteiger partial charge on any atom is 0.269 e. The van der Waals surface area contributed by atoms with Crippen molar-refractivity contribution in [2.24, 2.45) is 5.41 Å². The van der Waals surface area contributed by atoms with Crippen molar-refractivity contribution >= 4 is 39.7 Å². The number of allylic oxidation sites excluding steroid dienone is 1. The summed E-state index contributed by atoms with van der Waals surface area (Å²) in [6, 6.07) is 17.7. The third kappa shape index (κ3) is 5.60. The Morgan fingerprint density at radius 1 is 1.12 bits per heavy atom. The number of halogens is 1. The van der Waals surface area contributed by atoms with Crippen LogP contribution in [0.3, 0.4) is 0 Å². The van der Waals surface area contributed by atoms with Crippen LogP contribution in [0.25, 0.3) is 10.9 Å². The molecule has 0 bridgehead atoms. The normalized spacial score (nSPS) is 17.6. The highest BCUT2D eigenvalue weighted by atomic mass is 19.1. The Morgan fingerprint density at radius 3 is 2.65 bits per heavy atom. The zero-order valence-electron chi connectivity index (χ0n) is 23.9. The lowest BCUT2D eigenvalue weighted by molar-refractivity contribution is -0.384. The molecule has 0 saturated carbocycles. The monoisotopic (exact) mass is 581 g/mol. The number of fused-ring (bicyclic) bond motifs is 2. The highest BCUT2D eigenvalue weighted by molar-refractivity contribution is 6.02. The van der Waals surface area contributed by atoms with Crippen LogP contribution < -0.4 is 15.5 Å². The summed E-state index contributed by atoms with van der Waals surface area (Å²) in [7, 11) is 0. The van der Waals surface area contributed by atoms with E-state index in [-0.39, 0.29) is 35.2 Å². The summed E-state index contributed by atoms with van der Waals surface area (Å²) >= 11 is 0. The van der Waals surface area contributed by atoms with Crippen molar-refractivity contribution in [2.45, 2.75) is 39.2 Å². The Kier molecular flexibility index (Phi) is 7.21. The molecular formula is C33H32FN5O4. The van der Waals surface area contributed by atoms with Crippen molar-refractivity contribution in [3.05, 3.63) is 111 Å². The number of carbonyl (C=O) groups is 2. The summed E-state index contributed by atoms with van der Waals surface area (Å²) in [6.45, 7) is 4.39. The average molecular weight is 582 g/mol. The van der Waals surface area contributed by atoms with E-state index in [4.69, 9.17) is 0 Å². The van der Waals surface area contributed by atoms with Crippen LogP contribution in [0.2, 0.25) is 0 Å². The first-order valence-electron chi connectivity index (χ1n) is 14.3. The molecule has 4 aromatic rings. The minimum absolute atomic E-state index is 0.0214. The number of ketones is 1. The third-order valence-corrected chi connectivity index (χ3v) is 8.18. The fourth-order valence-electron chi connectivity index (χ4n) is 6.26. The second-order valence-corrected chi connectivity index (χ2v) is 12.0. The predicted octanol–water partition coefficient (Wildman–Crippen LogP) is 6.19. The van der Waals surface area contributed by atoms with Crippen molar-refractivity contribution in [3.63, 3.8) is 0 Å². The number of para-hydroxylation sites is 2. The van der Waals surface area contributed by atoms with Gasteiger partial charge in [0.15, 0.2) is 5.78 Å². The number of hydrogen-bond donors (Lipinski definition) is 3. The van der Waals surface area contributed by atoms with Gasteiger partial charge in [0.2, 0.25) is 5.91 Å². The molecule has 1 aliphatic carbocycles. The number of carbonyl (C=O) groups excluding carboxylic acids is 2. The zero-order chi connectivity index (χ0) is 30.3. The summed E-state index contributed by atoms with van der Waals surface area (Å²) in [6.07, 6.45) is 3.31. The van der Waals surface area contributed by atoms with Gasteiger partial charge in [-0.2, -0.15) is 0 Å². The summed E-state index contributed by atoms with van der Waals surface area (Å²) < 4.78 is 13.8. The van der Waals surface area contributed by atoms with E-state index < -0.39 is 11.0 Å². The molecule has 0 spiro atoms. The van der Waals surface area contributed by atoms with Gasteiger partial charge in [-0.25, -0.2) is 4.39 Å². The van der Waals surface area contributed by atoms with E-state index in [1.54, 1.807) is 18.2 Å². The molecular weight excluding hydrogens is 549 g/mol. The number of H-pyrrole nitrogens is 1. The van der Waals surface area contributed by atoms with E-state index in [0.29, 0.717) is 36.9 Å². The number of amides is 1. The van der Waals surface area contributed by atoms with E-state index in [0.717, 1.165) is 33.5 Å². The van der Waals surface area contributed by atoms with Crippen LogP contribution in [0.15, 0.2) is 84.2 Å². The number of hydrogen-bond acceptors (Lipinski definition) is 6. The molecule has 2 aliphatic rings. The molecule has 3 N–H and O–H groups in total. The number of Topliss-reactive ketones (excluding diaryl/α,β-unsaturated/α-hetero) is 1. The second kappa shape index (κ2) is 11.0. The molecule has 1 amide bonds. The van der Waals surface area contributed by atoms with Crippen LogP contribution in [0.5, 0.6) is 0 Å². The van der Waals surface area contributed by atoms with Crippen LogP contribution in [0, 0.1) is 21.3 Å². The lowest BCUT2D eigenvalue weighted by atomic mass is 9.73. The number of nitrogens with one attached hydrogen (secondary N) is 3. The first-order chi connectivity index (χ1) is 20.6. The van der Waals surface area contributed by atoms with E-state index >= 15 is 0 Å². The SMILES string of the molecule is CC1(C)CC(=O)C2=C(C1)Nc1ccccc1N(CC(=O)NCCc1c[nH]c3ccc(F)cc13)C2c1ccc([N+](=O)[O-])cc1. The van der Waals surface area contributed by atoms with Gasteiger partial charge in [-0.1, -0.05) is 26.0 Å². The molecule has 10 heteroatoms. The molecule has 1 atom stereocenters. The lowest BCUT2D eigenvalue weighted by Crippen LogP contribution is -2.42. The Labute approximate surface area is 247 Å². The number of rotatable bonds is 7. The fourth-order valence-corrected chi connectivity index (χ4v) is 6.26. The maximum atomic E-state index is 13.8. The minimum atomic E-state index is -0.641. The number of aromatic amines is 1. The topological polar surface area (TPSA) is 120 Å². The van der Waals surface area contributed by atoms with E-state index in [9.17, 15) is 24.1 Å². The maximum absolute atomic E-state index is 13.8. The van der Waals surface area contributed by atoms with Crippen LogP contribution in [-0.4, -0.2) is 34.7 Å². The predicted molar refractivity (Wildman–Crippen MR) is 163 cm³/mol. The molecule has 3 aromatic carbocycles. The highest BCUT2D eigenvalue weighted by Crippen LogP contribution is 2.48. The molecule has 0 fully saturated rings. The van der Waals surface area contributed by atoms with Gasteiger partial charge in [-0.15, -0.1) is 0 Å². The number of anilines is 2. The second-order valence-electron chi connectivity index (χ2n) is 12.0. The largest absolute Gasteiger partial charge is 0.361 e. The summed E-state index contributed by atoms with van der Waals surface area (Å²) in [5.41, 5.74) is 4.98. The molecule has 2 heterocycles. The summed E-state index contributed by atoms with van der Waals surface area (Å²) in [5, 5.41) is 18.7. The number of aromatic nitrogens is 1.